The van der Waals surface area contributed by atoms with Crippen molar-refractivity contribution < 1.29 is 32.7 Å². The van der Waals surface area contributed by atoms with Gasteiger partial charge in [-0.05, 0) is 12.2 Å². The molecule has 0 aromatic heterocycles. The van der Waals surface area contributed by atoms with Crippen molar-refractivity contribution in [1.29, 1.82) is 0 Å². The van der Waals surface area contributed by atoms with E-state index in [1.807, 2.05) is 0 Å². The molecule has 0 radical (unpaired) electrons. The Morgan fingerprint density at radius 1 is 1.45 bits per heavy atom. The summed E-state index contributed by atoms with van der Waals surface area (Å²) in [5, 5.41) is 11.7. The molecule has 124 valence electrons. The van der Waals surface area contributed by atoms with E-state index in [1.54, 1.807) is 0 Å². The third kappa shape index (κ3) is 3.65. The molecule has 6 nitrogen and oxygen atoms in total. The number of alkyl halides is 3. The van der Waals surface area contributed by atoms with E-state index in [1.165, 1.54) is 11.8 Å². The van der Waals surface area contributed by atoms with Crippen molar-refractivity contribution in [2.75, 3.05) is 24.6 Å². The summed E-state index contributed by atoms with van der Waals surface area (Å²) in [7, 11) is 0. The van der Waals surface area contributed by atoms with Crippen molar-refractivity contribution in [2.24, 2.45) is 5.92 Å². The van der Waals surface area contributed by atoms with Gasteiger partial charge < -0.3 is 15.3 Å². The van der Waals surface area contributed by atoms with Crippen molar-refractivity contribution in [1.82, 2.24) is 10.2 Å². The number of nitrogens with one attached hydrogen (secondary N) is 1. The number of carboxylic acids is 1. The molecule has 22 heavy (non-hydrogen) atoms. The van der Waals surface area contributed by atoms with Gasteiger partial charge in [-0.3, -0.25) is 9.59 Å². The second-order valence-electron chi connectivity index (χ2n) is 5.47. The van der Waals surface area contributed by atoms with Gasteiger partial charge in [-0.2, -0.15) is 24.9 Å². The molecule has 0 aliphatic carbocycles. The van der Waals surface area contributed by atoms with Crippen molar-refractivity contribution in [3.05, 3.63) is 0 Å². The molecule has 2 aliphatic rings. The predicted molar refractivity (Wildman–Crippen MR) is 71.2 cm³/mol. The quantitative estimate of drug-likeness (QED) is 0.777. The fourth-order valence-corrected chi connectivity index (χ4v) is 3.87. The molecule has 2 atom stereocenters. The minimum Gasteiger partial charge on any atom is -0.479 e. The zero-order valence-corrected chi connectivity index (χ0v) is 12.3. The summed E-state index contributed by atoms with van der Waals surface area (Å²) < 4.78 is 37.0. The molecule has 0 bridgehead atoms. The highest BCUT2D eigenvalue weighted by Crippen LogP contribution is 2.30. The van der Waals surface area contributed by atoms with E-state index in [4.69, 9.17) is 0 Å². The zero-order chi connectivity index (χ0) is 16.5. The van der Waals surface area contributed by atoms with E-state index in [-0.39, 0.29) is 25.1 Å². The second kappa shape index (κ2) is 5.98. The van der Waals surface area contributed by atoms with Crippen LogP contribution < -0.4 is 5.32 Å². The molecule has 2 saturated heterocycles. The Morgan fingerprint density at radius 2 is 2.14 bits per heavy atom. The van der Waals surface area contributed by atoms with E-state index in [9.17, 15) is 32.7 Å². The normalized spacial score (nSPS) is 29.0. The lowest BCUT2D eigenvalue weighted by Gasteiger charge is -2.26. The minimum atomic E-state index is -4.52. The van der Waals surface area contributed by atoms with Gasteiger partial charge in [0.05, 0.1) is 5.92 Å². The summed E-state index contributed by atoms with van der Waals surface area (Å²) in [6.07, 6.45) is -4.60. The lowest BCUT2D eigenvalue weighted by molar-refractivity contribution is -0.157. The lowest BCUT2D eigenvalue weighted by atomic mass is 9.97. The monoisotopic (exact) mass is 340 g/mol. The number of nitrogens with zero attached hydrogens (tertiary/aromatic N) is 1. The van der Waals surface area contributed by atoms with Crippen LogP contribution in [0, 0.1) is 5.92 Å². The van der Waals surface area contributed by atoms with E-state index in [2.05, 4.69) is 5.32 Å². The SMILES string of the molecule is O=C(N[C@@]1(C(=O)O)CCSC1)[C@@H]1CC(=O)N(CC(F)(F)F)C1. The van der Waals surface area contributed by atoms with Gasteiger partial charge in [-0.15, -0.1) is 0 Å². The van der Waals surface area contributed by atoms with Crippen LogP contribution in [-0.2, 0) is 14.4 Å². The highest BCUT2D eigenvalue weighted by molar-refractivity contribution is 7.99. The average Bonchev–Trinajstić information content (AvgIpc) is 2.97. The number of amides is 2. The van der Waals surface area contributed by atoms with Crippen LogP contribution in [0.25, 0.3) is 0 Å². The first-order chi connectivity index (χ1) is 10.1. The van der Waals surface area contributed by atoms with Crippen LogP contribution in [0.5, 0.6) is 0 Å². The molecule has 2 aliphatic heterocycles. The Balaban J connectivity index is 1.99. The van der Waals surface area contributed by atoms with Crippen LogP contribution in [0.1, 0.15) is 12.8 Å². The smallest absolute Gasteiger partial charge is 0.406 e. The first-order valence-electron chi connectivity index (χ1n) is 6.61. The molecule has 0 unspecified atom stereocenters. The number of carboxylic acid groups (broad SMARTS) is 1. The van der Waals surface area contributed by atoms with Gasteiger partial charge >= 0.3 is 12.1 Å². The van der Waals surface area contributed by atoms with Crippen LogP contribution in [-0.4, -0.2) is 64.1 Å². The van der Waals surface area contributed by atoms with Crippen LogP contribution in [0.3, 0.4) is 0 Å². The Labute approximate surface area is 128 Å². The van der Waals surface area contributed by atoms with E-state index < -0.39 is 42.0 Å². The first kappa shape index (κ1) is 16.9. The standard InChI is InChI=1S/C12H15F3N2O4S/c13-12(14,15)5-17-4-7(3-8(17)18)9(19)16-11(10(20)21)1-2-22-6-11/h7H,1-6H2,(H,16,19)(H,20,21)/t7-,11+/m1/s1. The number of carbonyl (C=O) groups excluding carboxylic acids is 2. The summed E-state index contributed by atoms with van der Waals surface area (Å²) in [4.78, 5) is 35.6. The van der Waals surface area contributed by atoms with Gasteiger partial charge in [0, 0.05) is 18.7 Å². The number of carbonyl (C=O) groups is 3. The highest BCUT2D eigenvalue weighted by atomic mass is 32.2. The Bertz CT molecular complexity index is 491. The summed E-state index contributed by atoms with van der Waals surface area (Å²) in [6.45, 7) is -1.73. The molecule has 2 N–H and O–H groups in total. The molecule has 2 fully saturated rings. The first-order valence-corrected chi connectivity index (χ1v) is 7.76. The molecule has 2 heterocycles. The molecule has 0 aromatic rings. The van der Waals surface area contributed by atoms with Crippen LogP contribution in [0.15, 0.2) is 0 Å². The van der Waals surface area contributed by atoms with Crippen molar-refractivity contribution >= 4 is 29.5 Å². The third-order valence-electron chi connectivity index (χ3n) is 3.75. The number of thioether (sulfide) groups is 1. The molecule has 0 spiro atoms. The molecule has 0 saturated carbocycles. The van der Waals surface area contributed by atoms with Gasteiger partial charge in [0.15, 0.2) is 0 Å². The fourth-order valence-electron chi connectivity index (χ4n) is 2.54. The zero-order valence-electron chi connectivity index (χ0n) is 11.5. The molecule has 10 heteroatoms. The van der Waals surface area contributed by atoms with Gasteiger partial charge in [-0.1, -0.05) is 0 Å². The molecule has 2 rings (SSSR count). The van der Waals surface area contributed by atoms with E-state index >= 15 is 0 Å². The number of hydrogen-bond donors (Lipinski definition) is 2. The van der Waals surface area contributed by atoms with Crippen LogP contribution in [0.4, 0.5) is 13.2 Å². The Hall–Kier alpha value is -1.45. The summed E-state index contributed by atoms with van der Waals surface area (Å²) >= 11 is 1.38. The van der Waals surface area contributed by atoms with Crippen LogP contribution >= 0.6 is 11.8 Å². The fraction of sp³-hybridized carbons (Fsp3) is 0.750. The van der Waals surface area contributed by atoms with Crippen LogP contribution in [0.2, 0.25) is 0 Å². The maximum absolute atomic E-state index is 12.3. The van der Waals surface area contributed by atoms with Gasteiger partial charge in [0.1, 0.15) is 12.1 Å². The number of likely N-dealkylation sites (tertiary alicyclic amines) is 1. The number of halogens is 3. The van der Waals surface area contributed by atoms with Gasteiger partial charge in [-0.25, -0.2) is 4.79 Å². The largest absolute Gasteiger partial charge is 0.479 e. The maximum atomic E-state index is 12.3. The van der Waals surface area contributed by atoms with Gasteiger partial charge in [0.25, 0.3) is 0 Å². The topological polar surface area (TPSA) is 86.7 Å². The third-order valence-corrected chi connectivity index (χ3v) is 4.94. The molecular formula is C12H15F3N2O4S. The lowest BCUT2D eigenvalue weighted by Crippen LogP contribution is -2.56. The van der Waals surface area contributed by atoms with E-state index in [0.717, 1.165) is 0 Å². The number of rotatable bonds is 4. The van der Waals surface area contributed by atoms with Crippen molar-refractivity contribution in [2.45, 2.75) is 24.6 Å². The predicted octanol–water partition coefficient (Wildman–Crippen LogP) is 0.474. The minimum absolute atomic E-state index is 0.209. The Morgan fingerprint density at radius 3 is 2.64 bits per heavy atom. The summed E-state index contributed by atoms with van der Waals surface area (Å²) in [5.41, 5.74) is -1.39. The van der Waals surface area contributed by atoms with Crippen molar-refractivity contribution in [3.8, 4) is 0 Å². The maximum Gasteiger partial charge on any atom is 0.406 e. The molecule has 0 aromatic carbocycles. The van der Waals surface area contributed by atoms with Crippen molar-refractivity contribution in [3.63, 3.8) is 0 Å². The Kier molecular flexibility index (Phi) is 4.59. The average molecular weight is 340 g/mol. The number of aliphatic carboxylic acids is 1. The number of hydrogen-bond acceptors (Lipinski definition) is 4. The van der Waals surface area contributed by atoms with E-state index in [0.29, 0.717) is 10.7 Å². The van der Waals surface area contributed by atoms with Gasteiger partial charge in [0.2, 0.25) is 11.8 Å². The molecular weight excluding hydrogens is 325 g/mol. The molecule has 2 amide bonds. The summed E-state index contributed by atoms with van der Waals surface area (Å²) in [6, 6.07) is 0. The summed E-state index contributed by atoms with van der Waals surface area (Å²) in [5.74, 6) is -2.75. The highest BCUT2D eigenvalue weighted by Gasteiger charge is 2.46. The second-order valence-corrected chi connectivity index (χ2v) is 6.57.